The lowest BCUT2D eigenvalue weighted by atomic mass is 9.78. The number of rotatable bonds is 9. The Morgan fingerprint density at radius 2 is 1.51 bits per heavy atom. The topological polar surface area (TPSA) is 18.5 Å². The van der Waals surface area contributed by atoms with Crippen LogP contribution in [0.3, 0.4) is 0 Å². The minimum absolute atomic E-state index is 0.164. The zero-order chi connectivity index (χ0) is 27.4. The van der Waals surface area contributed by atoms with E-state index in [0.29, 0.717) is 44.2 Å². The number of hydrogen-bond donors (Lipinski definition) is 0. The highest BCUT2D eigenvalue weighted by molar-refractivity contribution is 5.35. The first-order chi connectivity index (χ1) is 17.3. The number of halogens is 10. The van der Waals surface area contributed by atoms with Crippen LogP contribution in [0.25, 0.3) is 0 Å². The molecule has 0 N–H and O–H groups in total. The van der Waals surface area contributed by atoms with Crippen molar-refractivity contribution in [1.29, 1.82) is 0 Å². The summed E-state index contributed by atoms with van der Waals surface area (Å²) < 4.78 is 142. The number of hydrogen-bond acceptors (Lipinski definition) is 2. The van der Waals surface area contributed by atoms with Crippen molar-refractivity contribution in [2.24, 2.45) is 5.92 Å². The van der Waals surface area contributed by atoms with Crippen LogP contribution >= 0.6 is 0 Å². The quantitative estimate of drug-likeness (QED) is 0.232. The molecule has 1 aliphatic carbocycles. The molecule has 1 aliphatic rings. The Labute approximate surface area is 205 Å². The molecule has 0 bridgehead atoms. The second kappa shape index (κ2) is 11.6. The van der Waals surface area contributed by atoms with Gasteiger partial charge in [0.25, 0.3) is 0 Å². The van der Waals surface area contributed by atoms with Gasteiger partial charge in [-0.15, -0.1) is 0 Å². The van der Waals surface area contributed by atoms with E-state index in [1.165, 1.54) is 0 Å². The molecule has 0 heterocycles. The van der Waals surface area contributed by atoms with Gasteiger partial charge in [0, 0.05) is 6.07 Å². The van der Waals surface area contributed by atoms with Gasteiger partial charge < -0.3 is 9.47 Å². The van der Waals surface area contributed by atoms with Gasteiger partial charge in [0.2, 0.25) is 0 Å². The molecule has 37 heavy (non-hydrogen) atoms. The average Bonchev–Trinajstić information content (AvgIpc) is 2.80. The van der Waals surface area contributed by atoms with Gasteiger partial charge in [0.15, 0.2) is 11.6 Å². The normalized spacial score (nSPS) is 19.7. The van der Waals surface area contributed by atoms with Crippen molar-refractivity contribution < 1.29 is 53.4 Å². The fourth-order valence-corrected chi connectivity index (χ4v) is 4.12. The second-order valence-electron chi connectivity index (χ2n) is 8.56. The first kappa shape index (κ1) is 28.6. The molecule has 0 spiro atoms. The van der Waals surface area contributed by atoms with Crippen molar-refractivity contribution in [3.63, 3.8) is 0 Å². The number of ether oxygens (including phenoxy) is 2. The van der Waals surface area contributed by atoms with Crippen LogP contribution in [0.4, 0.5) is 43.9 Å². The summed E-state index contributed by atoms with van der Waals surface area (Å²) in [6.45, 7) is -0.471. The Morgan fingerprint density at radius 3 is 2.05 bits per heavy atom. The number of allylic oxidation sites excluding steroid dienone is 2. The Hall–Kier alpha value is -2.92. The van der Waals surface area contributed by atoms with Crippen LogP contribution in [0.1, 0.15) is 49.1 Å². The van der Waals surface area contributed by atoms with Gasteiger partial charge in [0.05, 0.1) is 6.67 Å². The van der Waals surface area contributed by atoms with E-state index in [1.54, 1.807) is 6.08 Å². The highest BCUT2D eigenvalue weighted by atomic mass is 19.4. The lowest BCUT2D eigenvalue weighted by Gasteiger charge is -2.28. The van der Waals surface area contributed by atoms with Crippen LogP contribution in [-0.4, -0.2) is 19.2 Å². The number of alkyl halides is 7. The standard InChI is InChI=1S/C25H22F10O2/c26-10-2-1-3-14-4-6-15(7-5-14)16-11-19(28)22(20(29)12-16)25(34,35)37-17-8-9-21(18(27)13-17)36-23(30)24(31,32)33/h1,3,8-9,11-15,23H,2,4-7,10H2. The average molecular weight is 544 g/mol. The van der Waals surface area contributed by atoms with Crippen molar-refractivity contribution in [2.45, 2.75) is 56.7 Å². The third-order valence-corrected chi connectivity index (χ3v) is 5.92. The highest BCUT2D eigenvalue weighted by Gasteiger charge is 2.44. The van der Waals surface area contributed by atoms with Gasteiger partial charge >= 0.3 is 18.6 Å². The van der Waals surface area contributed by atoms with Crippen LogP contribution in [0.2, 0.25) is 0 Å². The molecule has 1 saturated carbocycles. The summed E-state index contributed by atoms with van der Waals surface area (Å²) in [4.78, 5) is 0. The minimum Gasteiger partial charge on any atom is -0.449 e. The first-order valence-corrected chi connectivity index (χ1v) is 11.3. The molecule has 0 saturated heterocycles. The predicted octanol–water partition coefficient (Wildman–Crippen LogP) is 8.66. The zero-order valence-electron chi connectivity index (χ0n) is 19.1. The molecule has 0 radical (unpaired) electrons. The summed E-state index contributed by atoms with van der Waals surface area (Å²) in [6, 6.07) is 2.64. The van der Waals surface area contributed by atoms with Gasteiger partial charge in [-0.3, -0.25) is 4.39 Å². The highest BCUT2D eigenvalue weighted by Crippen LogP contribution is 2.41. The van der Waals surface area contributed by atoms with E-state index in [2.05, 4.69) is 9.47 Å². The van der Waals surface area contributed by atoms with Gasteiger partial charge in [0.1, 0.15) is 22.9 Å². The lowest BCUT2D eigenvalue weighted by molar-refractivity contribution is -0.237. The van der Waals surface area contributed by atoms with E-state index in [0.717, 1.165) is 12.1 Å². The van der Waals surface area contributed by atoms with E-state index < -0.39 is 59.8 Å². The Balaban J connectivity index is 1.72. The molecule has 1 atom stereocenters. The molecule has 12 heteroatoms. The molecule has 204 valence electrons. The lowest BCUT2D eigenvalue weighted by Crippen LogP contribution is -2.30. The van der Waals surface area contributed by atoms with Gasteiger partial charge in [-0.25, -0.2) is 13.2 Å². The van der Waals surface area contributed by atoms with Crippen LogP contribution in [0, 0.1) is 23.4 Å². The van der Waals surface area contributed by atoms with Crippen molar-refractivity contribution in [3.05, 3.63) is 71.1 Å². The Bertz CT molecular complexity index is 1070. The van der Waals surface area contributed by atoms with Gasteiger partial charge in [-0.2, -0.15) is 26.3 Å². The molecule has 0 aromatic heterocycles. The third-order valence-electron chi connectivity index (χ3n) is 5.92. The van der Waals surface area contributed by atoms with Crippen molar-refractivity contribution in [3.8, 4) is 11.5 Å². The van der Waals surface area contributed by atoms with Crippen LogP contribution in [0.5, 0.6) is 11.5 Å². The molecule has 2 aromatic carbocycles. The smallest absolute Gasteiger partial charge is 0.449 e. The predicted molar refractivity (Wildman–Crippen MR) is 113 cm³/mol. The molecule has 3 rings (SSSR count). The molecule has 2 nitrogen and oxygen atoms in total. The second-order valence-corrected chi connectivity index (χ2v) is 8.56. The monoisotopic (exact) mass is 544 g/mol. The van der Waals surface area contributed by atoms with Crippen molar-refractivity contribution in [1.82, 2.24) is 0 Å². The summed E-state index contributed by atoms with van der Waals surface area (Å²) >= 11 is 0. The summed E-state index contributed by atoms with van der Waals surface area (Å²) in [7, 11) is 0. The fourth-order valence-electron chi connectivity index (χ4n) is 4.12. The summed E-state index contributed by atoms with van der Waals surface area (Å²) in [6.07, 6.45) is -7.60. The molecule has 2 aromatic rings. The van der Waals surface area contributed by atoms with Crippen LogP contribution < -0.4 is 9.47 Å². The molecule has 1 unspecified atom stereocenters. The van der Waals surface area contributed by atoms with E-state index in [1.807, 2.05) is 6.08 Å². The maximum Gasteiger partial charge on any atom is 0.457 e. The summed E-state index contributed by atoms with van der Waals surface area (Å²) in [5.74, 6) is -7.21. The fraction of sp³-hybridized carbons (Fsp3) is 0.440. The van der Waals surface area contributed by atoms with Crippen LogP contribution in [-0.2, 0) is 6.11 Å². The molecule has 0 aliphatic heterocycles. The molecule has 1 fully saturated rings. The van der Waals surface area contributed by atoms with Crippen molar-refractivity contribution >= 4 is 0 Å². The van der Waals surface area contributed by atoms with E-state index in [4.69, 9.17) is 0 Å². The Morgan fingerprint density at radius 1 is 0.892 bits per heavy atom. The van der Waals surface area contributed by atoms with Gasteiger partial charge in [-0.05, 0) is 73.8 Å². The maximum absolute atomic E-state index is 14.7. The SMILES string of the molecule is FCCC=CC1CCC(c2cc(F)c(C(F)(F)Oc3ccc(OC(F)C(F)(F)F)c(F)c3)c(F)c2)CC1. The maximum atomic E-state index is 14.7. The van der Waals surface area contributed by atoms with Crippen molar-refractivity contribution in [2.75, 3.05) is 6.67 Å². The minimum atomic E-state index is -5.46. The first-order valence-electron chi connectivity index (χ1n) is 11.3. The molecule has 0 amide bonds. The summed E-state index contributed by atoms with van der Waals surface area (Å²) in [5, 5.41) is 0. The molecular formula is C25H22F10O2. The third kappa shape index (κ3) is 7.32. The van der Waals surface area contributed by atoms with Crippen LogP contribution in [0.15, 0.2) is 42.5 Å². The Kier molecular flexibility index (Phi) is 9.01. The van der Waals surface area contributed by atoms with E-state index in [9.17, 15) is 43.9 Å². The van der Waals surface area contributed by atoms with Gasteiger partial charge in [-0.1, -0.05) is 12.2 Å². The largest absolute Gasteiger partial charge is 0.457 e. The zero-order valence-corrected chi connectivity index (χ0v) is 19.1. The summed E-state index contributed by atoms with van der Waals surface area (Å²) in [5.41, 5.74) is -1.56. The molecular weight excluding hydrogens is 522 g/mol. The number of benzene rings is 2. The van der Waals surface area contributed by atoms with E-state index in [-0.39, 0.29) is 23.5 Å². The van der Waals surface area contributed by atoms with E-state index >= 15 is 0 Å².